The summed E-state index contributed by atoms with van der Waals surface area (Å²) in [5.74, 6) is 0.493. The number of hydrogen-bond donors (Lipinski definition) is 1. The monoisotopic (exact) mass is 380 g/mol. The molecule has 1 aliphatic heterocycles. The van der Waals surface area contributed by atoms with Gasteiger partial charge in [0.15, 0.2) is 5.58 Å². The van der Waals surface area contributed by atoms with Crippen LogP contribution in [0.1, 0.15) is 30.0 Å². The van der Waals surface area contributed by atoms with E-state index >= 15 is 0 Å². The van der Waals surface area contributed by atoms with Gasteiger partial charge in [-0.15, -0.1) is 0 Å². The summed E-state index contributed by atoms with van der Waals surface area (Å²) in [6.45, 7) is 3.95. The average Bonchev–Trinajstić information content (AvgIpc) is 3.36. The number of fused-ring (bicyclic) bond motifs is 1. The number of benzene rings is 1. The minimum atomic E-state index is -0.180. The van der Waals surface area contributed by atoms with Crippen molar-refractivity contribution in [2.24, 2.45) is 0 Å². The lowest BCUT2D eigenvalue weighted by molar-refractivity contribution is 0.0790. The van der Waals surface area contributed by atoms with Crippen LogP contribution in [0.2, 0.25) is 0 Å². The normalized spacial score (nSPS) is 16.4. The number of aryl methyl sites for hydroxylation is 1. The highest BCUT2D eigenvalue weighted by Gasteiger charge is 2.23. The molecule has 0 unspecified atom stereocenters. The molecular weight excluding hydrogens is 356 g/mol. The summed E-state index contributed by atoms with van der Waals surface area (Å²) in [6, 6.07) is 11.3. The maximum atomic E-state index is 12.9. The lowest BCUT2D eigenvalue weighted by atomic mass is 10.2. The van der Waals surface area contributed by atoms with Gasteiger partial charge in [0.2, 0.25) is 5.89 Å². The molecule has 1 aliphatic rings. The van der Waals surface area contributed by atoms with Crippen LogP contribution in [0.3, 0.4) is 0 Å². The third-order valence-electron chi connectivity index (χ3n) is 4.87. The Hall–Kier alpha value is -2.93. The fourth-order valence-corrected chi connectivity index (χ4v) is 3.41. The Morgan fingerprint density at radius 3 is 2.96 bits per heavy atom. The van der Waals surface area contributed by atoms with E-state index in [-0.39, 0.29) is 18.7 Å². The first-order valence-electron chi connectivity index (χ1n) is 9.58. The van der Waals surface area contributed by atoms with Gasteiger partial charge in [-0.25, -0.2) is 9.78 Å². The van der Waals surface area contributed by atoms with Gasteiger partial charge >= 0.3 is 6.03 Å². The molecule has 1 aromatic carbocycles. The van der Waals surface area contributed by atoms with Gasteiger partial charge in [0.25, 0.3) is 0 Å². The standard InChI is InChI=1S/C21H24N4O3/c1-15-6-4-9-18-20(15)24-19(28-18)12-23-21(26)25(14-17-8-5-11-27-17)13-16-7-2-3-10-22-16/h2-4,6-7,9-10,17H,5,8,11-14H2,1H3,(H,23,26)/t17-/m0/s1. The number of urea groups is 1. The van der Waals surface area contributed by atoms with E-state index in [4.69, 9.17) is 9.15 Å². The van der Waals surface area contributed by atoms with Gasteiger partial charge in [-0.1, -0.05) is 18.2 Å². The maximum Gasteiger partial charge on any atom is 0.318 e. The number of ether oxygens (including phenoxy) is 1. The fraction of sp³-hybridized carbons (Fsp3) is 0.381. The van der Waals surface area contributed by atoms with Gasteiger partial charge in [-0.05, 0) is 43.5 Å². The Balaban J connectivity index is 1.43. The number of oxazole rings is 1. The molecule has 1 fully saturated rings. The van der Waals surface area contributed by atoms with Crippen molar-refractivity contribution in [1.29, 1.82) is 0 Å². The van der Waals surface area contributed by atoms with Crippen LogP contribution >= 0.6 is 0 Å². The van der Waals surface area contributed by atoms with Crippen molar-refractivity contribution in [3.05, 3.63) is 59.7 Å². The number of aromatic nitrogens is 2. The highest BCUT2D eigenvalue weighted by atomic mass is 16.5. The zero-order valence-corrected chi connectivity index (χ0v) is 15.9. The van der Waals surface area contributed by atoms with E-state index < -0.39 is 0 Å². The van der Waals surface area contributed by atoms with Crippen LogP contribution in [0, 0.1) is 6.92 Å². The highest BCUT2D eigenvalue weighted by Crippen LogP contribution is 2.19. The summed E-state index contributed by atoms with van der Waals surface area (Å²) in [5.41, 5.74) is 3.45. The molecule has 0 radical (unpaired) electrons. The average molecular weight is 380 g/mol. The number of carbonyl (C=O) groups excluding carboxylic acids is 1. The topological polar surface area (TPSA) is 80.5 Å². The van der Waals surface area contributed by atoms with Crippen LogP contribution in [0.25, 0.3) is 11.1 Å². The van der Waals surface area contributed by atoms with Crippen molar-refractivity contribution < 1.29 is 13.9 Å². The van der Waals surface area contributed by atoms with Gasteiger partial charge in [0.05, 0.1) is 24.9 Å². The van der Waals surface area contributed by atoms with Crippen LogP contribution in [0.5, 0.6) is 0 Å². The lowest BCUT2D eigenvalue weighted by Crippen LogP contribution is -2.43. The fourth-order valence-electron chi connectivity index (χ4n) is 3.41. The first-order chi connectivity index (χ1) is 13.7. The summed E-state index contributed by atoms with van der Waals surface area (Å²) in [7, 11) is 0. The zero-order chi connectivity index (χ0) is 19.3. The third kappa shape index (κ3) is 4.31. The molecule has 0 aliphatic carbocycles. The first kappa shape index (κ1) is 18.4. The number of para-hydroxylation sites is 1. The number of hydrogen-bond acceptors (Lipinski definition) is 5. The molecule has 3 heterocycles. The van der Waals surface area contributed by atoms with Crippen molar-refractivity contribution in [2.75, 3.05) is 13.2 Å². The molecule has 4 rings (SSSR count). The second-order valence-electron chi connectivity index (χ2n) is 7.02. The zero-order valence-electron chi connectivity index (χ0n) is 15.9. The summed E-state index contributed by atoms with van der Waals surface area (Å²) in [6.07, 6.45) is 3.81. The smallest absolute Gasteiger partial charge is 0.318 e. The second kappa shape index (κ2) is 8.39. The van der Waals surface area contributed by atoms with Gasteiger partial charge in [0, 0.05) is 19.3 Å². The molecule has 1 N–H and O–H groups in total. The minimum absolute atomic E-state index is 0.0708. The lowest BCUT2D eigenvalue weighted by Gasteiger charge is -2.25. The van der Waals surface area contributed by atoms with E-state index in [0.29, 0.717) is 19.0 Å². The van der Waals surface area contributed by atoms with E-state index in [1.54, 1.807) is 11.1 Å². The van der Waals surface area contributed by atoms with E-state index in [0.717, 1.165) is 41.8 Å². The molecule has 3 aromatic rings. The Kier molecular flexibility index (Phi) is 5.53. The predicted octanol–water partition coefficient (Wildman–Crippen LogP) is 3.42. The first-order valence-corrected chi connectivity index (χ1v) is 9.58. The number of nitrogens with zero attached hydrogens (tertiary/aromatic N) is 3. The van der Waals surface area contributed by atoms with E-state index in [1.165, 1.54) is 0 Å². The second-order valence-corrected chi connectivity index (χ2v) is 7.02. The van der Waals surface area contributed by atoms with Crippen LogP contribution in [-0.4, -0.2) is 40.2 Å². The Bertz CT molecular complexity index is 935. The predicted molar refractivity (Wildman–Crippen MR) is 105 cm³/mol. The molecule has 1 atom stereocenters. The molecule has 1 saturated heterocycles. The third-order valence-corrected chi connectivity index (χ3v) is 4.87. The molecular formula is C21H24N4O3. The molecule has 7 heteroatoms. The quantitative estimate of drug-likeness (QED) is 0.709. The van der Waals surface area contributed by atoms with Crippen molar-refractivity contribution >= 4 is 17.1 Å². The SMILES string of the molecule is Cc1cccc2oc(CNC(=O)N(Cc3ccccn3)C[C@@H]3CCCO3)nc12. The van der Waals surface area contributed by atoms with Crippen molar-refractivity contribution in [3.8, 4) is 0 Å². The molecule has 7 nitrogen and oxygen atoms in total. The molecule has 28 heavy (non-hydrogen) atoms. The molecule has 0 saturated carbocycles. The highest BCUT2D eigenvalue weighted by molar-refractivity contribution is 5.76. The van der Waals surface area contributed by atoms with Gasteiger partial charge < -0.3 is 19.4 Å². The van der Waals surface area contributed by atoms with Gasteiger partial charge in [-0.2, -0.15) is 0 Å². The van der Waals surface area contributed by atoms with E-state index in [9.17, 15) is 4.79 Å². The Labute approximate surface area is 163 Å². The Morgan fingerprint density at radius 1 is 1.29 bits per heavy atom. The summed E-state index contributed by atoms with van der Waals surface area (Å²) < 4.78 is 11.5. The molecule has 146 valence electrons. The number of carbonyl (C=O) groups is 1. The molecule has 0 spiro atoms. The maximum absolute atomic E-state index is 12.9. The number of pyridine rings is 1. The van der Waals surface area contributed by atoms with Crippen LogP contribution in [0.15, 0.2) is 47.0 Å². The van der Waals surface area contributed by atoms with Crippen LogP contribution in [-0.2, 0) is 17.8 Å². The van der Waals surface area contributed by atoms with Gasteiger partial charge in [0.1, 0.15) is 5.52 Å². The van der Waals surface area contributed by atoms with E-state index in [1.807, 2.05) is 43.3 Å². The van der Waals surface area contributed by atoms with E-state index in [2.05, 4.69) is 15.3 Å². The summed E-state index contributed by atoms with van der Waals surface area (Å²) in [5, 5.41) is 2.92. The number of rotatable bonds is 6. The number of nitrogens with one attached hydrogen (secondary N) is 1. The molecule has 0 bridgehead atoms. The van der Waals surface area contributed by atoms with Crippen molar-refractivity contribution in [2.45, 2.75) is 39.0 Å². The molecule has 2 aromatic heterocycles. The van der Waals surface area contributed by atoms with Crippen LogP contribution in [0.4, 0.5) is 4.79 Å². The molecule has 2 amide bonds. The Morgan fingerprint density at radius 2 is 2.21 bits per heavy atom. The van der Waals surface area contributed by atoms with Crippen molar-refractivity contribution in [3.63, 3.8) is 0 Å². The number of amides is 2. The largest absolute Gasteiger partial charge is 0.439 e. The summed E-state index contributed by atoms with van der Waals surface area (Å²) in [4.78, 5) is 23.4. The van der Waals surface area contributed by atoms with Crippen molar-refractivity contribution in [1.82, 2.24) is 20.2 Å². The van der Waals surface area contributed by atoms with Gasteiger partial charge in [-0.3, -0.25) is 4.98 Å². The van der Waals surface area contributed by atoms with Crippen LogP contribution < -0.4 is 5.32 Å². The minimum Gasteiger partial charge on any atom is -0.439 e. The summed E-state index contributed by atoms with van der Waals surface area (Å²) >= 11 is 0.